The zero-order valence-electron chi connectivity index (χ0n) is 7.38. The Morgan fingerprint density at radius 1 is 1.67 bits per heavy atom. The average molecular weight is 169 g/mol. The van der Waals surface area contributed by atoms with Gasteiger partial charge in [0, 0.05) is 11.8 Å². The lowest BCUT2D eigenvalue weighted by Gasteiger charge is -1.98. The van der Waals surface area contributed by atoms with Gasteiger partial charge < -0.3 is 10.5 Å². The number of esters is 1. The summed E-state index contributed by atoms with van der Waals surface area (Å²) in [5, 5.41) is 0. The summed E-state index contributed by atoms with van der Waals surface area (Å²) in [6.07, 6.45) is 4.50. The Balaban J connectivity index is 3.80. The molecule has 68 valence electrons. The van der Waals surface area contributed by atoms with E-state index < -0.39 is 0 Å². The molecule has 0 saturated heterocycles. The van der Waals surface area contributed by atoms with Crippen molar-refractivity contribution in [1.29, 1.82) is 0 Å². The Morgan fingerprint density at radius 2 is 2.33 bits per heavy atom. The Kier molecular flexibility index (Phi) is 5.79. The van der Waals surface area contributed by atoms with Gasteiger partial charge in [0.1, 0.15) is 0 Å². The molecule has 0 atom stereocenters. The number of carbonyl (C=O) groups is 1. The first-order valence-electron chi connectivity index (χ1n) is 3.94. The lowest BCUT2D eigenvalue weighted by atomic mass is 10.2. The predicted molar refractivity (Wildman–Crippen MR) is 48.3 cm³/mol. The number of nitrogens with two attached hydrogens (primary N) is 1. The first-order chi connectivity index (χ1) is 5.70. The van der Waals surface area contributed by atoms with Gasteiger partial charge in [-0.25, -0.2) is 4.79 Å². The minimum Gasteiger partial charge on any atom is -0.463 e. The lowest BCUT2D eigenvalue weighted by molar-refractivity contribution is -0.137. The molecule has 0 radical (unpaired) electrons. The van der Waals surface area contributed by atoms with Gasteiger partial charge in [0.2, 0.25) is 0 Å². The van der Waals surface area contributed by atoms with Crippen molar-refractivity contribution in [1.82, 2.24) is 0 Å². The monoisotopic (exact) mass is 169 g/mol. The molecule has 0 aromatic carbocycles. The summed E-state index contributed by atoms with van der Waals surface area (Å²) < 4.78 is 4.67. The minimum atomic E-state index is -0.376. The van der Waals surface area contributed by atoms with Crippen LogP contribution in [-0.2, 0) is 9.53 Å². The molecule has 0 aliphatic rings. The van der Waals surface area contributed by atoms with Crippen LogP contribution in [0.15, 0.2) is 24.4 Å². The molecule has 0 fully saturated rings. The third-order valence-electron chi connectivity index (χ3n) is 1.23. The second-order valence-electron chi connectivity index (χ2n) is 2.30. The van der Waals surface area contributed by atoms with Gasteiger partial charge in [0.05, 0.1) is 6.61 Å². The number of ether oxygens (including phenoxy) is 1. The highest BCUT2D eigenvalue weighted by Gasteiger charge is 1.97. The van der Waals surface area contributed by atoms with Crippen molar-refractivity contribution in [3.05, 3.63) is 24.4 Å². The van der Waals surface area contributed by atoms with E-state index in [0.29, 0.717) is 18.7 Å². The third kappa shape index (κ3) is 5.53. The van der Waals surface area contributed by atoms with E-state index in [2.05, 4.69) is 11.3 Å². The molecule has 2 N–H and O–H groups in total. The summed E-state index contributed by atoms with van der Waals surface area (Å²) in [6, 6.07) is 0. The molecule has 0 unspecified atom stereocenters. The summed E-state index contributed by atoms with van der Waals surface area (Å²) in [4.78, 5) is 10.8. The maximum Gasteiger partial charge on any atom is 0.332 e. The maximum atomic E-state index is 10.8. The molecule has 0 amide bonds. The Morgan fingerprint density at radius 3 is 2.83 bits per heavy atom. The molecular weight excluding hydrogens is 154 g/mol. The van der Waals surface area contributed by atoms with E-state index in [4.69, 9.17) is 5.73 Å². The summed E-state index contributed by atoms with van der Waals surface area (Å²) in [5.41, 5.74) is 6.04. The van der Waals surface area contributed by atoms with Crippen LogP contribution in [0, 0.1) is 0 Å². The van der Waals surface area contributed by atoms with Crippen LogP contribution >= 0.6 is 0 Å². The Labute approximate surface area is 72.9 Å². The zero-order valence-corrected chi connectivity index (χ0v) is 7.38. The van der Waals surface area contributed by atoms with Gasteiger partial charge in [0.25, 0.3) is 0 Å². The lowest BCUT2D eigenvalue weighted by Crippen LogP contribution is -2.05. The van der Waals surface area contributed by atoms with Crippen LogP contribution in [0.2, 0.25) is 0 Å². The normalized spacial score (nSPS) is 10.9. The van der Waals surface area contributed by atoms with Crippen LogP contribution in [-0.4, -0.2) is 12.6 Å². The van der Waals surface area contributed by atoms with Gasteiger partial charge in [-0.1, -0.05) is 6.08 Å². The second-order valence-corrected chi connectivity index (χ2v) is 2.30. The van der Waals surface area contributed by atoms with Crippen LogP contribution in [0.4, 0.5) is 0 Å². The van der Waals surface area contributed by atoms with Crippen molar-refractivity contribution in [2.75, 3.05) is 6.61 Å². The number of allylic oxidation sites excluding steroid dienone is 2. The Bertz CT molecular complexity index is 185. The first-order valence-corrected chi connectivity index (χ1v) is 3.94. The number of rotatable bonds is 5. The quantitative estimate of drug-likeness (QED) is 0.384. The number of hydrogen-bond acceptors (Lipinski definition) is 3. The summed E-state index contributed by atoms with van der Waals surface area (Å²) in [6.45, 7) is 5.68. The van der Waals surface area contributed by atoms with Gasteiger partial charge >= 0.3 is 5.97 Å². The van der Waals surface area contributed by atoms with E-state index in [1.807, 2.05) is 0 Å². The fourth-order valence-corrected chi connectivity index (χ4v) is 0.676. The molecule has 3 nitrogen and oxygen atoms in total. The molecule has 0 aliphatic heterocycles. The van der Waals surface area contributed by atoms with E-state index >= 15 is 0 Å². The summed E-state index contributed by atoms with van der Waals surface area (Å²) in [7, 11) is 0. The predicted octanol–water partition coefficient (Wildman–Crippen LogP) is 1.36. The summed E-state index contributed by atoms with van der Waals surface area (Å²) >= 11 is 0. The van der Waals surface area contributed by atoms with E-state index in [-0.39, 0.29) is 5.97 Å². The van der Waals surface area contributed by atoms with Crippen LogP contribution in [0.5, 0.6) is 0 Å². The van der Waals surface area contributed by atoms with Crippen molar-refractivity contribution in [2.24, 2.45) is 5.73 Å². The van der Waals surface area contributed by atoms with Gasteiger partial charge in [-0.2, -0.15) is 0 Å². The molecule has 0 heterocycles. The maximum absolute atomic E-state index is 10.8. The molecule has 0 aromatic rings. The van der Waals surface area contributed by atoms with Crippen molar-refractivity contribution >= 4 is 5.97 Å². The standard InChI is InChI=1S/C9H15NO2/c1-3-5-6-8(10)7-9(11)12-4-2/h3,7H,1,4-6,10H2,2H3. The fourth-order valence-electron chi connectivity index (χ4n) is 0.676. The molecule has 0 aliphatic carbocycles. The molecule has 0 spiro atoms. The Hall–Kier alpha value is -1.25. The molecule has 0 saturated carbocycles. The smallest absolute Gasteiger partial charge is 0.332 e. The van der Waals surface area contributed by atoms with E-state index in [9.17, 15) is 4.79 Å². The molecule has 0 bridgehead atoms. The van der Waals surface area contributed by atoms with Crippen LogP contribution in [0.25, 0.3) is 0 Å². The van der Waals surface area contributed by atoms with Crippen LogP contribution in [0.3, 0.4) is 0 Å². The van der Waals surface area contributed by atoms with Crippen LogP contribution in [0.1, 0.15) is 19.8 Å². The second kappa shape index (κ2) is 6.46. The van der Waals surface area contributed by atoms with Gasteiger partial charge in [-0.05, 0) is 19.8 Å². The third-order valence-corrected chi connectivity index (χ3v) is 1.23. The van der Waals surface area contributed by atoms with Gasteiger partial charge in [0.15, 0.2) is 0 Å². The molecular formula is C9H15NO2. The van der Waals surface area contributed by atoms with E-state index in [1.54, 1.807) is 13.0 Å². The summed E-state index contributed by atoms with van der Waals surface area (Å²) in [5.74, 6) is -0.376. The highest BCUT2D eigenvalue weighted by molar-refractivity contribution is 5.82. The molecule has 12 heavy (non-hydrogen) atoms. The molecule has 3 heteroatoms. The largest absolute Gasteiger partial charge is 0.463 e. The number of carbonyl (C=O) groups excluding carboxylic acids is 1. The fraction of sp³-hybridized carbons (Fsp3) is 0.444. The zero-order chi connectivity index (χ0) is 9.40. The minimum absolute atomic E-state index is 0.376. The van der Waals surface area contributed by atoms with Gasteiger partial charge in [-0.3, -0.25) is 0 Å². The van der Waals surface area contributed by atoms with E-state index in [1.165, 1.54) is 6.08 Å². The topological polar surface area (TPSA) is 52.3 Å². The van der Waals surface area contributed by atoms with Crippen molar-refractivity contribution in [3.63, 3.8) is 0 Å². The SMILES string of the molecule is C=CCCC(N)=CC(=O)OCC. The highest BCUT2D eigenvalue weighted by atomic mass is 16.5. The van der Waals surface area contributed by atoms with Crippen molar-refractivity contribution in [3.8, 4) is 0 Å². The highest BCUT2D eigenvalue weighted by Crippen LogP contribution is 1.98. The molecule has 0 rings (SSSR count). The van der Waals surface area contributed by atoms with Gasteiger partial charge in [-0.15, -0.1) is 6.58 Å². The molecule has 0 aromatic heterocycles. The van der Waals surface area contributed by atoms with Crippen LogP contribution < -0.4 is 5.73 Å². The average Bonchev–Trinajstić information content (AvgIpc) is 2.01. The number of hydrogen-bond donors (Lipinski definition) is 1. The first kappa shape index (κ1) is 10.8. The van der Waals surface area contributed by atoms with Crippen molar-refractivity contribution < 1.29 is 9.53 Å². The van der Waals surface area contributed by atoms with Crippen molar-refractivity contribution in [2.45, 2.75) is 19.8 Å². The van der Waals surface area contributed by atoms with E-state index in [0.717, 1.165) is 6.42 Å².